The Morgan fingerprint density at radius 1 is 1.04 bits per heavy atom. The number of halogens is 2. The number of benzene rings is 2. The smallest absolute Gasteiger partial charge is 0.251 e. The summed E-state index contributed by atoms with van der Waals surface area (Å²) in [6.07, 6.45) is 0. The van der Waals surface area contributed by atoms with Crippen molar-refractivity contribution in [3.63, 3.8) is 0 Å². The molecule has 0 fully saturated rings. The lowest BCUT2D eigenvalue weighted by Crippen LogP contribution is -2.42. The number of nitrogens with one attached hydrogen (secondary N) is 2. The summed E-state index contributed by atoms with van der Waals surface area (Å²) in [5.41, 5.74) is 1.85. The number of hydrogen-bond donors (Lipinski definition) is 2. The Morgan fingerprint density at radius 3 is 2.31 bits per heavy atom. The molecule has 0 aliphatic carbocycles. The molecule has 7 heteroatoms. The van der Waals surface area contributed by atoms with E-state index in [1.54, 1.807) is 19.2 Å². The van der Waals surface area contributed by atoms with Gasteiger partial charge in [0.25, 0.3) is 5.91 Å². The van der Waals surface area contributed by atoms with Gasteiger partial charge in [-0.15, -0.1) is 24.0 Å². The van der Waals surface area contributed by atoms with E-state index >= 15 is 0 Å². The van der Waals surface area contributed by atoms with Crippen LogP contribution < -0.4 is 10.6 Å². The molecule has 0 spiro atoms. The molecule has 0 bridgehead atoms. The molecule has 0 aliphatic rings. The molecule has 0 saturated carbocycles. The molecule has 140 valence electrons. The third-order valence-electron chi connectivity index (χ3n) is 3.67. The molecule has 0 atom stereocenters. The van der Waals surface area contributed by atoms with Gasteiger partial charge in [0, 0.05) is 43.8 Å². The highest BCUT2D eigenvalue weighted by Crippen LogP contribution is 2.17. The molecular formula is C19H24BrIN4O. The first-order chi connectivity index (χ1) is 12.1. The van der Waals surface area contributed by atoms with Crippen molar-refractivity contribution in [2.75, 3.05) is 27.2 Å². The number of hydrogen-bond acceptors (Lipinski definition) is 2. The highest BCUT2D eigenvalue weighted by atomic mass is 127. The minimum Gasteiger partial charge on any atom is -0.354 e. The van der Waals surface area contributed by atoms with Gasteiger partial charge in [0.05, 0.1) is 0 Å². The van der Waals surface area contributed by atoms with Gasteiger partial charge in [-0.3, -0.25) is 9.79 Å². The van der Waals surface area contributed by atoms with Crippen LogP contribution in [0.3, 0.4) is 0 Å². The van der Waals surface area contributed by atoms with E-state index in [1.807, 2.05) is 48.3 Å². The molecule has 0 heterocycles. The zero-order valence-corrected chi connectivity index (χ0v) is 18.8. The maximum absolute atomic E-state index is 12.0. The van der Waals surface area contributed by atoms with Crippen LogP contribution in [-0.2, 0) is 6.54 Å². The van der Waals surface area contributed by atoms with Gasteiger partial charge < -0.3 is 15.5 Å². The van der Waals surface area contributed by atoms with E-state index in [4.69, 9.17) is 0 Å². The van der Waals surface area contributed by atoms with Crippen molar-refractivity contribution in [1.82, 2.24) is 15.5 Å². The molecule has 0 saturated heterocycles. The minimum atomic E-state index is -0.0704. The van der Waals surface area contributed by atoms with E-state index in [9.17, 15) is 4.79 Å². The lowest BCUT2D eigenvalue weighted by atomic mass is 10.2. The van der Waals surface area contributed by atoms with Crippen molar-refractivity contribution in [2.24, 2.45) is 4.99 Å². The van der Waals surface area contributed by atoms with Crippen molar-refractivity contribution < 1.29 is 4.79 Å². The fourth-order valence-corrected chi connectivity index (χ4v) is 2.79. The second-order valence-corrected chi connectivity index (χ2v) is 6.40. The fraction of sp³-hybridized carbons (Fsp3) is 0.263. The van der Waals surface area contributed by atoms with E-state index < -0.39 is 0 Å². The largest absolute Gasteiger partial charge is 0.354 e. The number of amides is 1. The van der Waals surface area contributed by atoms with Gasteiger partial charge in [-0.1, -0.05) is 52.3 Å². The van der Waals surface area contributed by atoms with Crippen molar-refractivity contribution in [2.45, 2.75) is 6.54 Å². The molecule has 0 unspecified atom stereocenters. The molecule has 0 radical (unpaired) electrons. The van der Waals surface area contributed by atoms with Crippen LogP contribution in [-0.4, -0.2) is 44.0 Å². The van der Waals surface area contributed by atoms with Gasteiger partial charge in [0.2, 0.25) is 0 Å². The van der Waals surface area contributed by atoms with Crippen LogP contribution in [0.1, 0.15) is 15.9 Å². The molecule has 0 aromatic heterocycles. The number of carbonyl (C=O) groups is 1. The maximum atomic E-state index is 12.0. The van der Waals surface area contributed by atoms with Crippen LogP contribution in [0.15, 0.2) is 64.1 Å². The molecule has 5 nitrogen and oxygen atoms in total. The second kappa shape index (κ2) is 11.9. The van der Waals surface area contributed by atoms with Crippen LogP contribution in [0, 0.1) is 0 Å². The van der Waals surface area contributed by atoms with Crippen LogP contribution in [0.2, 0.25) is 0 Å². The Bertz CT molecular complexity index is 724. The quantitative estimate of drug-likeness (QED) is 0.260. The first kappa shape index (κ1) is 22.4. The Morgan fingerprint density at radius 2 is 1.65 bits per heavy atom. The van der Waals surface area contributed by atoms with Crippen molar-refractivity contribution >= 4 is 51.8 Å². The Balaban J connectivity index is 0.00000338. The van der Waals surface area contributed by atoms with E-state index in [0.717, 1.165) is 17.0 Å². The average Bonchev–Trinajstić information content (AvgIpc) is 2.64. The van der Waals surface area contributed by atoms with Gasteiger partial charge in [0.1, 0.15) is 0 Å². The first-order valence-corrected chi connectivity index (χ1v) is 8.89. The van der Waals surface area contributed by atoms with Crippen LogP contribution in [0.5, 0.6) is 0 Å². The Labute approximate surface area is 180 Å². The number of rotatable bonds is 6. The molecule has 2 N–H and O–H groups in total. The van der Waals surface area contributed by atoms with Crippen molar-refractivity contribution in [1.29, 1.82) is 0 Å². The number of carbonyl (C=O) groups excluding carboxylic acids is 1. The molecular weight excluding hydrogens is 507 g/mol. The Hall–Kier alpha value is -1.61. The normalized spacial score (nSPS) is 10.7. The highest BCUT2D eigenvalue weighted by molar-refractivity contribution is 14.0. The summed E-state index contributed by atoms with van der Waals surface area (Å²) >= 11 is 3.56. The number of guanidine groups is 1. The predicted octanol–water partition coefficient (Wildman–Crippen LogP) is 3.50. The maximum Gasteiger partial charge on any atom is 0.251 e. The minimum absolute atomic E-state index is 0. The van der Waals surface area contributed by atoms with Gasteiger partial charge in [-0.2, -0.15) is 0 Å². The lowest BCUT2D eigenvalue weighted by molar-refractivity contribution is 0.0954. The number of nitrogens with zero attached hydrogens (tertiary/aromatic N) is 2. The first-order valence-electron chi connectivity index (χ1n) is 8.10. The topological polar surface area (TPSA) is 56.7 Å². The SMILES string of the molecule is CN=C(NCCNC(=O)c1ccccc1)N(C)Cc1ccccc1Br.I. The van der Waals surface area contributed by atoms with Crippen molar-refractivity contribution in [3.05, 3.63) is 70.2 Å². The number of aliphatic imine (C=N–C) groups is 1. The summed E-state index contributed by atoms with van der Waals surface area (Å²) in [4.78, 5) is 18.3. The predicted molar refractivity (Wildman–Crippen MR) is 121 cm³/mol. The molecule has 2 aromatic rings. The fourth-order valence-electron chi connectivity index (χ4n) is 2.38. The Kier molecular flexibility index (Phi) is 10.3. The van der Waals surface area contributed by atoms with E-state index in [-0.39, 0.29) is 29.9 Å². The zero-order valence-electron chi connectivity index (χ0n) is 14.9. The summed E-state index contributed by atoms with van der Waals surface area (Å²) in [6.45, 7) is 1.86. The molecule has 2 aromatic carbocycles. The van der Waals surface area contributed by atoms with Crippen molar-refractivity contribution in [3.8, 4) is 0 Å². The summed E-state index contributed by atoms with van der Waals surface area (Å²) < 4.78 is 1.08. The highest BCUT2D eigenvalue weighted by Gasteiger charge is 2.08. The molecule has 26 heavy (non-hydrogen) atoms. The standard InChI is InChI=1S/C19H23BrN4O.HI/c1-21-19(24(2)14-16-10-6-7-11-17(16)20)23-13-12-22-18(25)15-8-4-3-5-9-15;/h3-11H,12-14H2,1-2H3,(H,21,23)(H,22,25);1H. The zero-order chi connectivity index (χ0) is 18.1. The van der Waals surface area contributed by atoms with E-state index in [2.05, 4.69) is 37.6 Å². The van der Waals surface area contributed by atoms with E-state index in [0.29, 0.717) is 18.7 Å². The molecule has 0 aliphatic heterocycles. The second-order valence-electron chi connectivity index (χ2n) is 5.54. The van der Waals surface area contributed by atoms with E-state index in [1.165, 1.54) is 5.56 Å². The summed E-state index contributed by atoms with van der Waals surface area (Å²) in [7, 11) is 3.73. The summed E-state index contributed by atoms with van der Waals surface area (Å²) in [5.74, 6) is 0.712. The third-order valence-corrected chi connectivity index (χ3v) is 4.44. The lowest BCUT2D eigenvalue weighted by Gasteiger charge is -2.22. The monoisotopic (exact) mass is 530 g/mol. The van der Waals surface area contributed by atoms with Gasteiger partial charge in [-0.25, -0.2) is 0 Å². The van der Waals surface area contributed by atoms with Gasteiger partial charge in [0.15, 0.2) is 5.96 Å². The molecule has 1 amide bonds. The average molecular weight is 531 g/mol. The summed E-state index contributed by atoms with van der Waals surface area (Å²) in [6, 6.07) is 17.3. The summed E-state index contributed by atoms with van der Waals surface area (Å²) in [5, 5.41) is 6.16. The molecule has 2 rings (SSSR count). The van der Waals surface area contributed by atoms with Gasteiger partial charge in [-0.05, 0) is 23.8 Å². The van der Waals surface area contributed by atoms with Crippen LogP contribution >= 0.6 is 39.9 Å². The van der Waals surface area contributed by atoms with Crippen LogP contribution in [0.25, 0.3) is 0 Å². The van der Waals surface area contributed by atoms with Gasteiger partial charge >= 0.3 is 0 Å². The third kappa shape index (κ3) is 6.95. The van der Waals surface area contributed by atoms with Crippen LogP contribution in [0.4, 0.5) is 0 Å².